The Morgan fingerprint density at radius 1 is 1.29 bits per heavy atom. The van der Waals surface area contributed by atoms with Crippen LogP contribution in [-0.4, -0.2) is 50.4 Å². The number of ether oxygens (including phenoxy) is 5. The minimum atomic E-state index is -0.303. The molecular formula is C21H25ClO6. The molecule has 3 aliphatic rings. The van der Waals surface area contributed by atoms with Crippen LogP contribution in [0.4, 0.5) is 0 Å². The number of fused-ring (bicyclic) bond motifs is 1. The van der Waals surface area contributed by atoms with E-state index >= 15 is 0 Å². The molecule has 2 unspecified atom stereocenters. The Morgan fingerprint density at radius 2 is 2.21 bits per heavy atom. The van der Waals surface area contributed by atoms with Gasteiger partial charge in [0, 0.05) is 17.5 Å². The van der Waals surface area contributed by atoms with Crippen molar-refractivity contribution in [1.82, 2.24) is 0 Å². The fraction of sp³-hybridized carbons (Fsp3) is 0.571. The summed E-state index contributed by atoms with van der Waals surface area (Å²) in [4.78, 5) is 11.5. The van der Waals surface area contributed by atoms with E-state index in [1.165, 1.54) is 0 Å². The summed E-state index contributed by atoms with van der Waals surface area (Å²) in [6, 6.07) is 7.27. The number of hydrogen-bond donors (Lipinski definition) is 0. The van der Waals surface area contributed by atoms with Gasteiger partial charge < -0.3 is 23.7 Å². The molecule has 0 N–H and O–H groups in total. The van der Waals surface area contributed by atoms with Gasteiger partial charge in [-0.15, -0.1) is 0 Å². The second-order valence-corrected chi connectivity index (χ2v) is 7.75. The van der Waals surface area contributed by atoms with Crippen LogP contribution in [0.25, 0.3) is 0 Å². The van der Waals surface area contributed by atoms with E-state index in [-0.39, 0.29) is 36.5 Å². The maximum atomic E-state index is 11.5. The summed E-state index contributed by atoms with van der Waals surface area (Å²) in [5, 5.41) is 0.623. The SMILES string of the molecule is O=C1C[C@H]2[C@H](CO[C@@H]2C=CC(COc2cccc(Cl)c2)OC2CCCCO2)O1. The first-order valence-corrected chi connectivity index (χ1v) is 10.2. The zero-order valence-corrected chi connectivity index (χ0v) is 16.4. The van der Waals surface area contributed by atoms with Crippen LogP contribution in [0, 0.1) is 5.92 Å². The minimum absolute atomic E-state index is 0.0733. The van der Waals surface area contributed by atoms with Crippen LogP contribution >= 0.6 is 11.6 Å². The van der Waals surface area contributed by atoms with Crippen LogP contribution in [0.2, 0.25) is 5.02 Å². The molecule has 6 nitrogen and oxygen atoms in total. The summed E-state index contributed by atoms with van der Waals surface area (Å²) in [6.07, 6.45) is 6.50. The Bertz CT molecular complexity index is 702. The second kappa shape index (κ2) is 9.27. The molecule has 3 aliphatic heterocycles. The largest absolute Gasteiger partial charge is 0.490 e. The summed E-state index contributed by atoms with van der Waals surface area (Å²) in [6.45, 7) is 1.49. The van der Waals surface area contributed by atoms with Gasteiger partial charge in [0.2, 0.25) is 0 Å². The number of carbonyl (C=O) groups is 1. The Balaban J connectivity index is 1.39. The smallest absolute Gasteiger partial charge is 0.306 e. The van der Waals surface area contributed by atoms with Gasteiger partial charge in [-0.05, 0) is 37.5 Å². The number of benzene rings is 1. The van der Waals surface area contributed by atoms with Crippen molar-refractivity contribution in [3.63, 3.8) is 0 Å². The van der Waals surface area contributed by atoms with E-state index in [2.05, 4.69) is 0 Å². The third-order valence-corrected chi connectivity index (χ3v) is 5.46. The molecule has 0 aromatic heterocycles. The van der Waals surface area contributed by atoms with Gasteiger partial charge in [0.05, 0.1) is 19.1 Å². The Kier molecular flexibility index (Phi) is 6.52. The maximum absolute atomic E-state index is 11.5. The van der Waals surface area contributed by atoms with Crippen LogP contribution < -0.4 is 4.74 Å². The monoisotopic (exact) mass is 408 g/mol. The van der Waals surface area contributed by atoms with Gasteiger partial charge in [-0.1, -0.05) is 29.8 Å². The predicted molar refractivity (Wildman–Crippen MR) is 102 cm³/mol. The van der Waals surface area contributed by atoms with Gasteiger partial charge in [0.25, 0.3) is 0 Å². The zero-order valence-electron chi connectivity index (χ0n) is 15.6. The fourth-order valence-corrected chi connectivity index (χ4v) is 3.94. The van der Waals surface area contributed by atoms with Crippen molar-refractivity contribution in [2.75, 3.05) is 19.8 Å². The standard InChI is InChI=1S/C21H25ClO6/c22-14-4-3-5-15(10-14)25-12-16(27-21-6-1-2-9-24-21)7-8-18-17-11-20(23)28-19(17)13-26-18/h3-5,7-8,10,16-19,21H,1-2,6,9,11-13H2/t16?,17-,18-,19+,21?/m1/s1. The molecule has 28 heavy (non-hydrogen) atoms. The number of esters is 1. The highest BCUT2D eigenvalue weighted by Gasteiger charge is 2.44. The second-order valence-electron chi connectivity index (χ2n) is 7.32. The lowest BCUT2D eigenvalue weighted by atomic mass is 9.97. The lowest BCUT2D eigenvalue weighted by Crippen LogP contribution is -2.30. The molecule has 7 heteroatoms. The number of rotatable bonds is 7. The normalized spacial score (nSPS) is 31.0. The van der Waals surface area contributed by atoms with Crippen LogP contribution in [0.3, 0.4) is 0 Å². The van der Waals surface area contributed by atoms with Crippen molar-refractivity contribution >= 4 is 17.6 Å². The van der Waals surface area contributed by atoms with Crippen LogP contribution in [0.5, 0.6) is 5.75 Å². The molecule has 0 spiro atoms. The summed E-state index contributed by atoms with van der Waals surface area (Å²) in [5.41, 5.74) is 0. The lowest BCUT2D eigenvalue weighted by Gasteiger charge is -2.26. The molecular weight excluding hydrogens is 384 g/mol. The lowest BCUT2D eigenvalue weighted by molar-refractivity contribution is -0.182. The van der Waals surface area contributed by atoms with Crippen LogP contribution in [-0.2, 0) is 23.7 Å². The average Bonchev–Trinajstić information content (AvgIpc) is 3.24. The summed E-state index contributed by atoms with van der Waals surface area (Å²) >= 11 is 6.03. The van der Waals surface area contributed by atoms with Crippen molar-refractivity contribution in [3.05, 3.63) is 41.4 Å². The first kappa shape index (κ1) is 19.7. The van der Waals surface area contributed by atoms with Gasteiger partial charge in [0.1, 0.15) is 24.6 Å². The van der Waals surface area contributed by atoms with Crippen molar-refractivity contribution < 1.29 is 28.5 Å². The molecule has 4 rings (SSSR count). The third kappa shape index (κ3) is 5.06. The molecule has 0 radical (unpaired) electrons. The van der Waals surface area contributed by atoms with E-state index < -0.39 is 0 Å². The first-order chi connectivity index (χ1) is 13.7. The van der Waals surface area contributed by atoms with Gasteiger partial charge in [-0.3, -0.25) is 4.79 Å². The predicted octanol–water partition coefficient (Wildman–Crippen LogP) is 3.52. The molecule has 0 aliphatic carbocycles. The topological polar surface area (TPSA) is 63.2 Å². The molecule has 3 fully saturated rings. The Labute approximate surface area is 169 Å². The molecule has 152 valence electrons. The average molecular weight is 409 g/mol. The van der Waals surface area contributed by atoms with Crippen molar-refractivity contribution in [2.45, 2.75) is 50.3 Å². The van der Waals surface area contributed by atoms with Crippen molar-refractivity contribution in [1.29, 1.82) is 0 Å². The molecule has 3 heterocycles. The van der Waals surface area contributed by atoms with E-state index in [0.29, 0.717) is 37.0 Å². The number of carbonyl (C=O) groups excluding carboxylic acids is 1. The van der Waals surface area contributed by atoms with E-state index in [1.54, 1.807) is 12.1 Å². The maximum Gasteiger partial charge on any atom is 0.306 e. The molecule has 3 saturated heterocycles. The quantitative estimate of drug-likeness (QED) is 0.508. The molecule has 1 aromatic carbocycles. The van der Waals surface area contributed by atoms with Gasteiger partial charge in [-0.25, -0.2) is 0 Å². The summed E-state index contributed by atoms with van der Waals surface area (Å²) in [5.74, 6) is 0.611. The number of halogens is 1. The highest BCUT2D eigenvalue weighted by Crippen LogP contribution is 2.34. The number of hydrogen-bond acceptors (Lipinski definition) is 6. The van der Waals surface area contributed by atoms with Crippen LogP contribution in [0.1, 0.15) is 25.7 Å². The highest BCUT2D eigenvalue weighted by atomic mass is 35.5. The van der Waals surface area contributed by atoms with Crippen molar-refractivity contribution in [3.8, 4) is 5.75 Å². The molecule has 1 aromatic rings. The summed E-state index contributed by atoms with van der Waals surface area (Å²) < 4.78 is 28.7. The zero-order chi connectivity index (χ0) is 19.3. The molecule has 0 saturated carbocycles. The van der Waals surface area contributed by atoms with Gasteiger partial charge in [-0.2, -0.15) is 0 Å². The summed E-state index contributed by atoms with van der Waals surface area (Å²) in [7, 11) is 0. The van der Waals surface area contributed by atoms with Gasteiger partial charge >= 0.3 is 5.97 Å². The Morgan fingerprint density at radius 3 is 3.04 bits per heavy atom. The van der Waals surface area contributed by atoms with E-state index in [9.17, 15) is 4.79 Å². The Hall–Kier alpha value is -1.60. The molecule has 0 amide bonds. The minimum Gasteiger partial charge on any atom is -0.490 e. The third-order valence-electron chi connectivity index (χ3n) is 5.23. The van der Waals surface area contributed by atoms with E-state index in [0.717, 1.165) is 19.3 Å². The van der Waals surface area contributed by atoms with Crippen LogP contribution in [0.15, 0.2) is 36.4 Å². The fourth-order valence-electron chi connectivity index (χ4n) is 3.76. The van der Waals surface area contributed by atoms with E-state index in [1.807, 2.05) is 24.3 Å². The highest BCUT2D eigenvalue weighted by molar-refractivity contribution is 6.30. The van der Waals surface area contributed by atoms with Crippen molar-refractivity contribution in [2.24, 2.45) is 5.92 Å². The first-order valence-electron chi connectivity index (χ1n) is 9.82. The van der Waals surface area contributed by atoms with E-state index in [4.69, 9.17) is 35.3 Å². The molecule has 0 bridgehead atoms. The van der Waals surface area contributed by atoms with Gasteiger partial charge in [0.15, 0.2) is 6.29 Å². The molecule has 5 atom stereocenters.